The zero-order chi connectivity index (χ0) is 21.8. The third-order valence-corrected chi connectivity index (χ3v) is 5.80. The Labute approximate surface area is 182 Å². The number of nitrogens with one attached hydrogen (secondary N) is 1. The van der Waals surface area contributed by atoms with E-state index in [1.807, 2.05) is 32.0 Å². The van der Waals surface area contributed by atoms with Gasteiger partial charge in [-0.1, -0.05) is 25.0 Å². The first-order valence-corrected chi connectivity index (χ1v) is 10.7. The molecule has 2 heterocycles. The van der Waals surface area contributed by atoms with E-state index >= 15 is 0 Å². The molecule has 1 aliphatic carbocycles. The highest BCUT2D eigenvalue weighted by Crippen LogP contribution is 2.33. The van der Waals surface area contributed by atoms with Crippen molar-refractivity contribution >= 4 is 17.5 Å². The lowest BCUT2D eigenvalue weighted by Crippen LogP contribution is -2.46. The maximum atomic E-state index is 13.7. The first-order valence-electron chi connectivity index (χ1n) is 10.7. The van der Waals surface area contributed by atoms with Gasteiger partial charge in [-0.2, -0.15) is 0 Å². The fourth-order valence-corrected chi connectivity index (χ4v) is 4.18. The zero-order valence-corrected chi connectivity index (χ0v) is 17.9. The van der Waals surface area contributed by atoms with Crippen LogP contribution in [-0.4, -0.2) is 22.8 Å². The van der Waals surface area contributed by atoms with E-state index < -0.39 is 6.04 Å². The van der Waals surface area contributed by atoms with Crippen molar-refractivity contribution in [2.24, 2.45) is 0 Å². The molecule has 1 fully saturated rings. The highest BCUT2D eigenvalue weighted by Gasteiger charge is 2.36. The van der Waals surface area contributed by atoms with E-state index in [1.54, 1.807) is 41.6 Å². The van der Waals surface area contributed by atoms with Gasteiger partial charge in [-0.15, -0.1) is 0 Å². The molecule has 1 aliphatic rings. The van der Waals surface area contributed by atoms with Crippen molar-refractivity contribution in [3.05, 3.63) is 83.6 Å². The minimum absolute atomic E-state index is 0.135. The van der Waals surface area contributed by atoms with Crippen LogP contribution in [-0.2, 0) is 4.79 Å². The first-order chi connectivity index (χ1) is 15.0. The Hall–Kier alpha value is -3.41. The fourth-order valence-electron chi connectivity index (χ4n) is 4.18. The van der Waals surface area contributed by atoms with Gasteiger partial charge >= 0.3 is 0 Å². The predicted octanol–water partition coefficient (Wildman–Crippen LogP) is 4.74. The van der Waals surface area contributed by atoms with Gasteiger partial charge in [0, 0.05) is 24.1 Å². The van der Waals surface area contributed by atoms with E-state index in [0.717, 1.165) is 36.8 Å². The molecule has 0 aliphatic heterocycles. The van der Waals surface area contributed by atoms with E-state index in [-0.39, 0.29) is 23.6 Å². The van der Waals surface area contributed by atoms with Crippen molar-refractivity contribution in [1.82, 2.24) is 10.3 Å². The Morgan fingerprint density at radius 3 is 2.52 bits per heavy atom. The van der Waals surface area contributed by atoms with Crippen LogP contribution < -0.4 is 10.2 Å². The Kier molecular flexibility index (Phi) is 6.16. The van der Waals surface area contributed by atoms with Crippen molar-refractivity contribution in [3.8, 4) is 0 Å². The number of carbonyl (C=O) groups excluding carboxylic acids is 2. The molecule has 2 aromatic heterocycles. The molecule has 2 amide bonds. The lowest BCUT2D eigenvalue weighted by atomic mass is 10.0. The summed E-state index contributed by atoms with van der Waals surface area (Å²) in [6, 6.07) is 12.1. The maximum Gasteiger partial charge on any atom is 0.294 e. The lowest BCUT2D eigenvalue weighted by Gasteiger charge is -2.33. The average Bonchev–Trinajstić information content (AvgIpc) is 3.48. The number of anilines is 1. The molecule has 3 aromatic rings. The lowest BCUT2D eigenvalue weighted by molar-refractivity contribution is -0.123. The van der Waals surface area contributed by atoms with Gasteiger partial charge in [-0.05, 0) is 73.7 Å². The van der Waals surface area contributed by atoms with Crippen LogP contribution in [0.25, 0.3) is 0 Å². The molecule has 31 heavy (non-hydrogen) atoms. The van der Waals surface area contributed by atoms with Crippen LogP contribution in [0.4, 0.5) is 5.69 Å². The minimum Gasteiger partial charge on any atom is -0.459 e. The van der Waals surface area contributed by atoms with E-state index in [9.17, 15) is 9.59 Å². The molecule has 0 saturated heterocycles. The molecule has 1 aromatic carbocycles. The number of pyridine rings is 1. The molecule has 160 valence electrons. The summed E-state index contributed by atoms with van der Waals surface area (Å²) in [5, 5.41) is 3.18. The number of furan rings is 1. The number of carbonyl (C=O) groups is 2. The van der Waals surface area contributed by atoms with Crippen LogP contribution in [0.5, 0.6) is 0 Å². The van der Waals surface area contributed by atoms with Gasteiger partial charge in [0.25, 0.3) is 5.91 Å². The molecule has 1 atom stereocenters. The molecule has 1 saturated carbocycles. The number of hydrogen-bond donors (Lipinski definition) is 1. The summed E-state index contributed by atoms with van der Waals surface area (Å²) in [6.07, 6.45) is 8.89. The van der Waals surface area contributed by atoms with Crippen LogP contribution in [0.15, 0.2) is 65.5 Å². The summed E-state index contributed by atoms with van der Waals surface area (Å²) in [5.74, 6) is -0.366. The van der Waals surface area contributed by atoms with E-state index in [1.165, 1.54) is 6.26 Å². The monoisotopic (exact) mass is 417 g/mol. The van der Waals surface area contributed by atoms with Crippen molar-refractivity contribution in [2.75, 3.05) is 4.90 Å². The smallest absolute Gasteiger partial charge is 0.294 e. The highest BCUT2D eigenvalue weighted by atomic mass is 16.3. The van der Waals surface area contributed by atoms with E-state index in [0.29, 0.717) is 11.3 Å². The largest absolute Gasteiger partial charge is 0.459 e. The number of amides is 2. The van der Waals surface area contributed by atoms with Crippen LogP contribution in [0.1, 0.15) is 59.0 Å². The van der Waals surface area contributed by atoms with Crippen molar-refractivity contribution in [3.63, 3.8) is 0 Å². The topological polar surface area (TPSA) is 75.4 Å². The van der Waals surface area contributed by atoms with Gasteiger partial charge in [-0.3, -0.25) is 19.5 Å². The zero-order valence-electron chi connectivity index (χ0n) is 17.9. The van der Waals surface area contributed by atoms with Gasteiger partial charge in [0.2, 0.25) is 5.91 Å². The Morgan fingerprint density at radius 1 is 1.10 bits per heavy atom. The maximum absolute atomic E-state index is 13.7. The number of aryl methyl sites for hydroxylation is 2. The van der Waals surface area contributed by atoms with Gasteiger partial charge < -0.3 is 9.73 Å². The van der Waals surface area contributed by atoms with Crippen molar-refractivity contribution < 1.29 is 14.0 Å². The quantitative estimate of drug-likeness (QED) is 0.629. The fraction of sp³-hybridized carbons (Fsp3) is 0.320. The van der Waals surface area contributed by atoms with Gasteiger partial charge in [0.05, 0.1) is 6.26 Å². The molecular weight excluding hydrogens is 390 g/mol. The summed E-state index contributed by atoms with van der Waals surface area (Å²) < 4.78 is 5.43. The molecule has 0 spiro atoms. The summed E-state index contributed by atoms with van der Waals surface area (Å²) in [7, 11) is 0. The second kappa shape index (κ2) is 9.16. The molecule has 6 nitrogen and oxygen atoms in total. The number of hydrogen-bond acceptors (Lipinski definition) is 4. The highest BCUT2D eigenvalue weighted by molar-refractivity contribution is 6.09. The number of nitrogens with zero attached hydrogens (tertiary/aromatic N) is 2. The second-order valence-electron chi connectivity index (χ2n) is 8.12. The number of aromatic nitrogens is 1. The average molecular weight is 418 g/mol. The summed E-state index contributed by atoms with van der Waals surface area (Å²) in [5.41, 5.74) is 3.29. The van der Waals surface area contributed by atoms with Crippen molar-refractivity contribution in [2.45, 2.75) is 51.6 Å². The predicted molar refractivity (Wildman–Crippen MR) is 119 cm³/mol. The molecule has 6 heteroatoms. The van der Waals surface area contributed by atoms with E-state index in [4.69, 9.17) is 4.42 Å². The molecule has 4 rings (SSSR count). The Bertz CT molecular complexity index is 1040. The van der Waals surface area contributed by atoms with Crippen molar-refractivity contribution in [1.29, 1.82) is 0 Å². The standard InChI is InChI=1S/C25H27N3O3/c1-17-9-10-18(2)21(16-17)28(25(30)22-8-5-15-31-22)23(19-11-13-26-14-12-19)24(29)27-20-6-3-4-7-20/h5,8-16,20,23H,3-4,6-7H2,1-2H3,(H,27,29)/t23-/m1/s1. The van der Waals surface area contributed by atoms with Crippen LogP contribution in [0, 0.1) is 13.8 Å². The summed E-state index contributed by atoms with van der Waals surface area (Å²) >= 11 is 0. The first kappa shape index (κ1) is 20.8. The molecule has 1 N–H and O–H groups in total. The normalized spacial score (nSPS) is 14.9. The van der Waals surface area contributed by atoms with Gasteiger partial charge in [-0.25, -0.2) is 0 Å². The second-order valence-corrected chi connectivity index (χ2v) is 8.12. The van der Waals surface area contributed by atoms with Crippen LogP contribution >= 0.6 is 0 Å². The SMILES string of the molecule is Cc1ccc(C)c(N(C(=O)c2ccco2)[C@@H](C(=O)NC2CCCC2)c2ccncc2)c1. The van der Waals surface area contributed by atoms with Crippen LogP contribution in [0.3, 0.4) is 0 Å². The molecule has 0 unspecified atom stereocenters. The summed E-state index contributed by atoms with van der Waals surface area (Å²) in [6.45, 7) is 3.91. The third-order valence-electron chi connectivity index (χ3n) is 5.80. The molecule has 0 radical (unpaired) electrons. The van der Waals surface area contributed by atoms with Gasteiger partial charge in [0.1, 0.15) is 6.04 Å². The molecule has 0 bridgehead atoms. The minimum atomic E-state index is -0.846. The molecular formula is C25H27N3O3. The third kappa shape index (κ3) is 4.53. The van der Waals surface area contributed by atoms with E-state index in [2.05, 4.69) is 10.3 Å². The number of rotatable bonds is 6. The Morgan fingerprint density at radius 2 is 1.84 bits per heavy atom. The van der Waals surface area contributed by atoms with Crippen LogP contribution in [0.2, 0.25) is 0 Å². The van der Waals surface area contributed by atoms with Gasteiger partial charge in [0.15, 0.2) is 5.76 Å². The number of benzene rings is 1. The Balaban J connectivity index is 1.83. The summed E-state index contributed by atoms with van der Waals surface area (Å²) in [4.78, 5) is 32.9.